The zero-order chi connectivity index (χ0) is 11.7. The highest BCUT2D eigenvalue weighted by Gasteiger charge is 2.27. The van der Waals surface area contributed by atoms with Crippen LogP contribution >= 0.6 is 15.9 Å². The van der Waals surface area contributed by atoms with E-state index in [4.69, 9.17) is 9.84 Å². The molecule has 0 saturated carbocycles. The van der Waals surface area contributed by atoms with Crippen LogP contribution in [0.3, 0.4) is 0 Å². The van der Waals surface area contributed by atoms with Gasteiger partial charge in [-0.15, -0.1) is 0 Å². The Morgan fingerprint density at radius 2 is 2.25 bits per heavy atom. The zero-order valence-electron chi connectivity index (χ0n) is 9.00. The van der Waals surface area contributed by atoms with E-state index in [1.165, 1.54) is 0 Å². The molecule has 1 atom stereocenters. The molecule has 0 radical (unpaired) electrons. The van der Waals surface area contributed by atoms with Crippen molar-refractivity contribution < 1.29 is 14.6 Å². The first kappa shape index (κ1) is 11.5. The molecule has 0 aliphatic heterocycles. The van der Waals surface area contributed by atoms with Crippen molar-refractivity contribution in [2.24, 2.45) is 5.92 Å². The predicted octanol–water partition coefficient (Wildman–Crippen LogP) is 2.65. The minimum atomic E-state index is -0.708. The summed E-state index contributed by atoms with van der Waals surface area (Å²) in [6, 6.07) is 3.84. The zero-order valence-corrected chi connectivity index (χ0v) is 10.6. The molecule has 4 heteroatoms. The van der Waals surface area contributed by atoms with Crippen molar-refractivity contribution in [1.29, 1.82) is 0 Å². The SMILES string of the molecule is COc1ccc(Br)c2c1CCC(C(=O)O)C2. The Bertz CT molecular complexity index is 429. The third kappa shape index (κ3) is 1.94. The van der Waals surface area contributed by atoms with Crippen LogP contribution in [0.5, 0.6) is 5.75 Å². The van der Waals surface area contributed by atoms with Gasteiger partial charge in [0.1, 0.15) is 5.75 Å². The minimum Gasteiger partial charge on any atom is -0.496 e. The number of carbonyl (C=O) groups is 1. The van der Waals surface area contributed by atoms with Crippen molar-refractivity contribution in [3.05, 3.63) is 27.7 Å². The summed E-state index contributed by atoms with van der Waals surface area (Å²) in [5.74, 6) is -0.113. The number of fused-ring (bicyclic) bond motifs is 1. The fourth-order valence-corrected chi connectivity index (χ4v) is 2.74. The van der Waals surface area contributed by atoms with E-state index in [0.717, 1.165) is 27.8 Å². The van der Waals surface area contributed by atoms with Crippen LogP contribution in [0.2, 0.25) is 0 Å². The second-order valence-corrected chi connectivity index (χ2v) is 4.84. The molecule has 86 valence electrons. The summed E-state index contributed by atoms with van der Waals surface area (Å²) in [5.41, 5.74) is 2.23. The summed E-state index contributed by atoms with van der Waals surface area (Å²) in [7, 11) is 1.65. The highest BCUT2D eigenvalue weighted by Crippen LogP contribution is 2.36. The fourth-order valence-electron chi connectivity index (χ4n) is 2.21. The van der Waals surface area contributed by atoms with Crippen LogP contribution < -0.4 is 4.74 Å². The van der Waals surface area contributed by atoms with E-state index in [0.29, 0.717) is 12.8 Å². The molecule has 2 rings (SSSR count). The van der Waals surface area contributed by atoms with Gasteiger partial charge in [0.05, 0.1) is 13.0 Å². The van der Waals surface area contributed by atoms with Gasteiger partial charge in [0.25, 0.3) is 0 Å². The van der Waals surface area contributed by atoms with Crippen molar-refractivity contribution >= 4 is 21.9 Å². The molecular formula is C12H13BrO3. The Balaban J connectivity index is 2.41. The van der Waals surface area contributed by atoms with Gasteiger partial charge in [-0.3, -0.25) is 4.79 Å². The molecule has 0 saturated heterocycles. The van der Waals surface area contributed by atoms with Gasteiger partial charge < -0.3 is 9.84 Å². The molecule has 16 heavy (non-hydrogen) atoms. The largest absolute Gasteiger partial charge is 0.496 e. The highest BCUT2D eigenvalue weighted by atomic mass is 79.9. The molecule has 0 spiro atoms. The monoisotopic (exact) mass is 284 g/mol. The number of halogens is 1. The number of benzene rings is 1. The maximum Gasteiger partial charge on any atom is 0.306 e. The lowest BCUT2D eigenvalue weighted by Crippen LogP contribution is -2.22. The summed E-state index contributed by atoms with van der Waals surface area (Å²) in [6.07, 6.45) is 2.05. The Morgan fingerprint density at radius 3 is 2.88 bits per heavy atom. The van der Waals surface area contributed by atoms with Gasteiger partial charge in [-0.1, -0.05) is 15.9 Å². The lowest BCUT2D eigenvalue weighted by molar-refractivity contribution is -0.142. The average Bonchev–Trinajstić information content (AvgIpc) is 2.29. The van der Waals surface area contributed by atoms with E-state index < -0.39 is 5.97 Å². The lowest BCUT2D eigenvalue weighted by atomic mass is 9.83. The third-order valence-corrected chi connectivity index (χ3v) is 3.84. The molecule has 1 aliphatic rings. The maximum absolute atomic E-state index is 11.0. The molecule has 1 N–H and O–H groups in total. The van der Waals surface area contributed by atoms with E-state index >= 15 is 0 Å². The Kier molecular flexibility index (Phi) is 3.19. The summed E-state index contributed by atoms with van der Waals surface area (Å²) in [4.78, 5) is 11.0. The lowest BCUT2D eigenvalue weighted by Gasteiger charge is -2.24. The normalized spacial score (nSPS) is 19.0. The maximum atomic E-state index is 11.0. The number of carboxylic acids is 1. The first-order chi connectivity index (χ1) is 7.63. The van der Waals surface area contributed by atoms with Gasteiger partial charge in [-0.25, -0.2) is 0 Å². The van der Waals surface area contributed by atoms with Crippen LogP contribution in [-0.4, -0.2) is 18.2 Å². The van der Waals surface area contributed by atoms with Gasteiger partial charge in [0.15, 0.2) is 0 Å². The quantitative estimate of drug-likeness (QED) is 0.908. The van der Waals surface area contributed by atoms with Gasteiger partial charge in [0, 0.05) is 4.47 Å². The number of hydrogen-bond donors (Lipinski definition) is 1. The van der Waals surface area contributed by atoms with E-state index in [2.05, 4.69) is 15.9 Å². The topological polar surface area (TPSA) is 46.5 Å². The summed E-state index contributed by atoms with van der Waals surface area (Å²) in [5, 5.41) is 9.03. The number of hydrogen-bond acceptors (Lipinski definition) is 2. The predicted molar refractivity (Wildman–Crippen MR) is 63.8 cm³/mol. The first-order valence-corrected chi connectivity index (χ1v) is 6.00. The number of methoxy groups -OCH3 is 1. The Labute approximate surface area is 103 Å². The van der Waals surface area contributed by atoms with Gasteiger partial charge in [-0.05, 0) is 42.5 Å². The molecule has 0 bridgehead atoms. The Morgan fingerprint density at radius 1 is 1.50 bits per heavy atom. The first-order valence-electron chi connectivity index (χ1n) is 5.20. The van der Waals surface area contributed by atoms with Crippen LogP contribution in [-0.2, 0) is 17.6 Å². The van der Waals surface area contributed by atoms with E-state index in [-0.39, 0.29) is 5.92 Å². The molecule has 3 nitrogen and oxygen atoms in total. The molecule has 0 amide bonds. The summed E-state index contributed by atoms with van der Waals surface area (Å²) >= 11 is 3.47. The second-order valence-electron chi connectivity index (χ2n) is 3.98. The van der Waals surface area contributed by atoms with Crippen molar-refractivity contribution in [2.45, 2.75) is 19.3 Å². The molecule has 1 unspecified atom stereocenters. The van der Waals surface area contributed by atoms with Crippen molar-refractivity contribution in [3.63, 3.8) is 0 Å². The summed E-state index contributed by atoms with van der Waals surface area (Å²) < 4.78 is 6.28. The summed E-state index contributed by atoms with van der Waals surface area (Å²) in [6.45, 7) is 0. The van der Waals surface area contributed by atoms with Crippen LogP contribution in [0.4, 0.5) is 0 Å². The molecule has 1 aliphatic carbocycles. The highest BCUT2D eigenvalue weighted by molar-refractivity contribution is 9.10. The molecule has 0 fully saturated rings. The van der Waals surface area contributed by atoms with Crippen LogP contribution in [0, 0.1) is 5.92 Å². The second kappa shape index (κ2) is 4.45. The van der Waals surface area contributed by atoms with E-state index in [1.54, 1.807) is 7.11 Å². The third-order valence-electron chi connectivity index (χ3n) is 3.09. The van der Waals surface area contributed by atoms with Gasteiger partial charge >= 0.3 is 5.97 Å². The van der Waals surface area contributed by atoms with Crippen LogP contribution in [0.15, 0.2) is 16.6 Å². The van der Waals surface area contributed by atoms with Crippen molar-refractivity contribution in [1.82, 2.24) is 0 Å². The standard InChI is InChI=1S/C12H13BrO3/c1-16-11-5-4-10(13)9-6-7(12(14)15)2-3-8(9)11/h4-5,7H,2-3,6H2,1H3,(H,14,15). The van der Waals surface area contributed by atoms with Gasteiger partial charge in [0.2, 0.25) is 0 Å². The molecule has 1 aromatic carbocycles. The fraction of sp³-hybridized carbons (Fsp3) is 0.417. The van der Waals surface area contributed by atoms with Crippen LogP contribution in [0.1, 0.15) is 17.5 Å². The molecule has 0 aromatic heterocycles. The van der Waals surface area contributed by atoms with Gasteiger partial charge in [-0.2, -0.15) is 0 Å². The molecular weight excluding hydrogens is 272 g/mol. The number of ether oxygens (including phenoxy) is 1. The Hall–Kier alpha value is -1.03. The number of aliphatic carboxylic acids is 1. The van der Waals surface area contributed by atoms with Crippen molar-refractivity contribution in [2.75, 3.05) is 7.11 Å². The van der Waals surface area contributed by atoms with Crippen molar-refractivity contribution in [3.8, 4) is 5.75 Å². The average molecular weight is 285 g/mol. The number of rotatable bonds is 2. The smallest absolute Gasteiger partial charge is 0.306 e. The molecule has 1 aromatic rings. The minimum absolute atomic E-state index is 0.268. The number of carboxylic acid groups (broad SMARTS) is 1. The van der Waals surface area contributed by atoms with E-state index in [1.807, 2.05) is 12.1 Å². The molecule has 0 heterocycles. The van der Waals surface area contributed by atoms with Crippen LogP contribution in [0.25, 0.3) is 0 Å². The van der Waals surface area contributed by atoms with E-state index in [9.17, 15) is 4.79 Å².